The number of thiazole rings is 1. The van der Waals surface area contributed by atoms with Crippen molar-refractivity contribution in [2.75, 3.05) is 10.2 Å². The van der Waals surface area contributed by atoms with E-state index < -0.39 is 16.7 Å². The molecule has 1 aliphatic heterocycles. The van der Waals surface area contributed by atoms with E-state index in [-0.39, 0.29) is 22.3 Å². The van der Waals surface area contributed by atoms with Crippen LogP contribution in [0, 0.1) is 24.0 Å². The molecule has 0 spiro atoms. The van der Waals surface area contributed by atoms with E-state index in [1.807, 2.05) is 44.2 Å². The third-order valence-corrected chi connectivity index (χ3v) is 9.49. The number of carbonyl (C=O) groups is 3. The molecule has 0 atom stereocenters. The number of rotatable bonds is 7. The predicted molar refractivity (Wildman–Crippen MR) is 183 cm³/mol. The normalized spacial score (nSPS) is 14.1. The molecule has 10 nitrogen and oxygen atoms in total. The lowest BCUT2D eigenvalue weighted by atomic mass is 10.1. The van der Waals surface area contributed by atoms with Gasteiger partial charge in [0.05, 0.1) is 25.7 Å². The van der Waals surface area contributed by atoms with E-state index in [1.54, 1.807) is 48.5 Å². The fourth-order valence-corrected chi connectivity index (χ4v) is 7.25. The first-order valence-electron chi connectivity index (χ1n) is 13.8. The minimum Gasteiger partial charge on any atom is -0.322 e. The van der Waals surface area contributed by atoms with Crippen LogP contribution in [0.5, 0.6) is 0 Å². The maximum atomic E-state index is 13.4. The third-order valence-electron chi connectivity index (χ3n) is 7.07. The standard InChI is InChI=1S/C33H23N5O5S3/c1-18-6-5-8-22(14-18)37-31(41)24(30(40)36-32(37)44)15-20-10-13-27(26(16-20)38(42)43)45-33-35-25-12-11-21(17-28(25)46-33)34-29(39)23-9-4-3-7-19(23)2/h3-17H,1-2H3,(H,34,39)(H,36,40,44)/b24-15+. The van der Waals surface area contributed by atoms with E-state index in [9.17, 15) is 24.5 Å². The summed E-state index contributed by atoms with van der Waals surface area (Å²) in [6, 6.07) is 24.2. The first-order valence-corrected chi connectivity index (χ1v) is 15.8. The topological polar surface area (TPSA) is 135 Å². The summed E-state index contributed by atoms with van der Waals surface area (Å²) >= 11 is 7.73. The number of nitrogens with zero attached hydrogens (tertiary/aromatic N) is 3. The Morgan fingerprint density at radius 3 is 2.61 bits per heavy atom. The van der Waals surface area contributed by atoms with E-state index in [0.29, 0.717) is 37.3 Å². The molecule has 0 aliphatic carbocycles. The second-order valence-electron chi connectivity index (χ2n) is 10.3. The van der Waals surface area contributed by atoms with Gasteiger partial charge in [-0.25, -0.2) is 4.98 Å². The number of anilines is 2. The van der Waals surface area contributed by atoms with Gasteiger partial charge in [0.15, 0.2) is 9.45 Å². The van der Waals surface area contributed by atoms with Gasteiger partial charge in [-0.05, 0) is 91.3 Å². The Balaban J connectivity index is 1.25. The minimum atomic E-state index is -0.691. The molecule has 1 aliphatic rings. The van der Waals surface area contributed by atoms with E-state index >= 15 is 0 Å². The van der Waals surface area contributed by atoms with Crippen LogP contribution in [0.1, 0.15) is 27.0 Å². The van der Waals surface area contributed by atoms with E-state index in [4.69, 9.17) is 12.2 Å². The fraction of sp³-hybridized carbons (Fsp3) is 0.0606. The highest BCUT2D eigenvalue weighted by Crippen LogP contribution is 2.40. The minimum absolute atomic E-state index is 0.0490. The highest BCUT2D eigenvalue weighted by Gasteiger charge is 2.34. The average molecular weight is 666 g/mol. The molecule has 0 saturated carbocycles. The Kier molecular flexibility index (Phi) is 8.45. The number of amides is 3. The average Bonchev–Trinajstić information content (AvgIpc) is 3.41. The molecular weight excluding hydrogens is 643 g/mol. The van der Waals surface area contributed by atoms with Crippen LogP contribution in [-0.4, -0.2) is 32.7 Å². The first kappa shape index (κ1) is 30.8. The van der Waals surface area contributed by atoms with Gasteiger partial charge in [-0.15, -0.1) is 11.3 Å². The van der Waals surface area contributed by atoms with Gasteiger partial charge in [0.2, 0.25) is 0 Å². The first-order chi connectivity index (χ1) is 22.1. The summed E-state index contributed by atoms with van der Waals surface area (Å²) in [4.78, 5) is 56.7. The van der Waals surface area contributed by atoms with Crippen LogP contribution in [0.25, 0.3) is 16.3 Å². The van der Waals surface area contributed by atoms with Gasteiger partial charge in [0, 0.05) is 17.3 Å². The molecular formula is C33H23N5O5S3. The maximum absolute atomic E-state index is 13.4. The molecule has 6 rings (SSSR count). The zero-order valence-corrected chi connectivity index (χ0v) is 26.7. The molecule has 3 amide bonds. The SMILES string of the molecule is Cc1cccc(N2C(=O)/C(=C/c3ccc(Sc4nc5ccc(NC(=O)c6ccccc6C)cc5s4)c([N+](=O)[O-])c3)C(=O)NC2=S)c1. The highest BCUT2D eigenvalue weighted by molar-refractivity contribution is 8.01. The molecule has 228 valence electrons. The van der Waals surface area contributed by atoms with E-state index in [0.717, 1.165) is 27.6 Å². The zero-order chi connectivity index (χ0) is 32.5. The van der Waals surface area contributed by atoms with Gasteiger partial charge in [0.25, 0.3) is 23.4 Å². The van der Waals surface area contributed by atoms with Crippen molar-refractivity contribution in [3.8, 4) is 0 Å². The molecule has 1 saturated heterocycles. The molecule has 2 N–H and O–H groups in total. The van der Waals surface area contributed by atoms with Crippen molar-refractivity contribution < 1.29 is 19.3 Å². The van der Waals surface area contributed by atoms with Crippen LogP contribution < -0.4 is 15.5 Å². The summed E-state index contributed by atoms with van der Waals surface area (Å²) in [5, 5.41) is 17.5. The van der Waals surface area contributed by atoms with E-state index in [1.165, 1.54) is 28.4 Å². The molecule has 0 radical (unpaired) electrons. The molecule has 5 aromatic rings. The number of nitro groups is 1. The Hall–Kier alpha value is -5.24. The molecule has 1 aromatic heterocycles. The van der Waals surface area contributed by atoms with Gasteiger partial charge >= 0.3 is 0 Å². The number of thiocarbonyl (C=S) groups is 1. The maximum Gasteiger partial charge on any atom is 0.283 e. The largest absolute Gasteiger partial charge is 0.322 e. The van der Waals surface area contributed by atoms with Crippen LogP contribution in [0.4, 0.5) is 17.1 Å². The summed E-state index contributed by atoms with van der Waals surface area (Å²) in [7, 11) is 0. The van der Waals surface area contributed by atoms with Crippen molar-refractivity contribution >= 4 is 91.5 Å². The second kappa shape index (κ2) is 12.6. The number of carbonyl (C=O) groups excluding carboxylic acids is 3. The van der Waals surface area contributed by atoms with Crippen LogP contribution in [0.3, 0.4) is 0 Å². The smallest absolute Gasteiger partial charge is 0.283 e. The summed E-state index contributed by atoms with van der Waals surface area (Å²) in [6.07, 6.45) is 1.31. The number of aromatic nitrogens is 1. The van der Waals surface area contributed by atoms with Crippen LogP contribution >= 0.6 is 35.3 Å². The summed E-state index contributed by atoms with van der Waals surface area (Å²) in [5.41, 5.74) is 4.01. The quantitative estimate of drug-likeness (QED) is 0.0621. The summed E-state index contributed by atoms with van der Waals surface area (Å²) in [6.45, 7) is 3.74. The monoisotopic (exact) mass is 665 g/mol. The van der Waals surface area contributed by atoms with Gasteiger partial charge in [-0.2, -0.15) is 0 Å². The Labute approximate surface area is 276 Å². The molecule has 1 fully saturated rings. The van der Waals surface area contributed by atoms with Crippen molar-refractivity contribution in [2.45, 2.75) is 23.1 Å². The van der Waals surface area contributed by atoms with E-state index in [2.05, 4.69) is 15.6 Å². The van der Waals surface area contributed by atoms with Crippen molar-refractivity contribution in [2.24, 2.45) is 0 Å². The molecule has 0 bridgehead atoms. The van der Waals surface area contributed by atoms with Gasteiger partial charge in [0.1, 0.15) is 5.57 Å². The third kappa shape index (κ3) is 6.29. The lowest BCUT2D eigenvalue weighted by Crippen LogP contribution is -2.54. The van der Waals surface area contributed by atoms with Crippen LogP contribution in [0.15, 0.2) is 99.7 Å². The van der Waals surface area contributed by atoms with Crippen molar-refractivity contribution in [1.29, 1.82) is 0 Å². The van der Waals surface area contributed by atoms with Gasteiger partial charge in [-0.1, -0.05) is 48.2 Å². The molecule has 46 heavy (non-hydrogen) atoms. The molecule has 13 heteroatoms. The lowest BCUT2D eigenvalue weighted by molar-refractivity contribution is -0.387. The van der Waals surface area contributed by atoms with Crippen molar-refractivity contribution in [3.63, 3.8) is 0 Å². The molecule has 0 unspecified atom stereocenters. The number of fused-ring (bicyclic) bond motifs is 1. The van der Waals surface area contributed by atoms with Crippen molar-refractivity contribution in [1.82, 2.24) is 10.3 Å². The molecule has 4 aromatic carbocycles. The highest BCUT2D eigenvalue weighted by atomic mass is 32.2. The number of hydrogen-bond acceptors (Lipinski definition) is 9. The number of benzene rings is 4. The lowest BCUT2D eigenvalue weighted by Gasteiger charge is -2.29. The number of aryl methyl sites for hydroxylation is 2. The number of nitrogens with one attached hydrogen (secondary N) is 2. The Bertz CT molecular complexity index is 2140. The Morgan fingerprint density at radius 1 is 1.04 bits per heavy atom. The Morgan fingerprint density at radius 2 is 1.85 bits per heavy atom. The zero-order valence-electron chi connectivity index (χ0n) is 24.3. The second-order valence-corrected chi connectivity index (χ2v) is 13.0. The summed E-state index contributed by atoms with van der Waals surface area (Å²) in [5.74, 6) is -1.55. The fourth-order valence-electron chi connectivity index (χ4n) is 4.82. The van der Waals surface area contributed by atoms with Crippen molar-refractivity contribution in [3.05, 3.63) is 123 Å². The predicted octanol–water partition coefficient (Wildman–Crippen LogP) is 7.06. The number of nitro benzene ring substituents is 1. The summed E-state index contributed by atoms with van der Waals surface area (Å²) < 4.78 is 1.36. The van der Waals surface area contributed by atoms with Gasteiger partial charge < -0.3 is 5.32 Å². The van der Waals surface area contributed by atoms with Crippen LogP contribution in [-0.2, 0) is 9.59 Å². The molecule has 2 heterocycles. The number of hydrogen-bond donors (Lipinski definition) is 2. The van der Waals surface area contributed by atoms with Gasteiger partial charge in [-0.3, -0.25) is 34.7 Å². The van der Waals surface area contributed by atoms with Crippen LogP contribution in [0.2, 0.25) is 0 Å².